The lowest BCUT2D eigenvalue weighted by Gasteiger charge is -2.06. The first kappa shape index (κ1) is 14.3. The summed E-state index contributed by atoms with van der Waals surface area (Å²) >= 11 is 11.4. The third-order valence-electron chi connectivity index (χ3n) is 2.31. The van der Waals surface area contributed by atoms with Crippen molar-refractivity contribution in [3.63, 3.8) is 0 Å². The van der Waals surface area contributed by atoms with Gasteiger partial charge in [-0.2, -0.15) is 5.10 Å². The molecule has 2 rings (SSSR count). The largest absolute Gasteiger partial charge is 0.275 e. The van der Waals surface area contributed by atoms with Crippen molar-refractivity contribution < 1.29 is 8.42 Å². The van der Waals surface area contributed by atoms with Gasteiger partial charge < -0.3 is 0 Å². The summed E-state index contributed by atoms with van der Waals surface area (Å²) in [5, 5.41) is 4.10. The summed E-state index contributed by atoms with van der Waals surface area (Å²) in [4.78, 5) is 3.67. The lowest BCUT2D eigenvalue weighted by Crippen LogP contribution is -2.23. The van der Waals surface area contributed by atoms with E-state index in [0.29, 0.717) is 0 Å². The van der Waals surface area contributed by atoms with Gasteiger partial charge in [0.2, 0.25) is 10.0 Å². The molecule has 19 heavy (non-hydrogen) atoms. The van der Waals surface area contributed by atoms with Gasteiger partial charge in [-0.3, -0.25) is 4.68 Å². The van der Waals surface area contributed by atoms with Gasteiger partial charge in [-0.1, -0.05) is 23.2 Å². The van der Waals surface area contributed by atoms with Crippen molar-refractivity contribution in [2.24, 2.45) is 7.05 Å². The fraction of sp³-hybridized carbons (Fsp3) is 0.200. The predicted molar refractivity (Wildman–Crippen MR) is 71.5 cm³/mol. The van der Waals surface area contributed by atoms with Crippen LogP contribution in [0.3, 0.4) is 0 Å². The predicted octanol–water partition coefficient (Wildman–Crippen LogP) is 1.60. The Bertz CT molecular complexity index is 699. The molecule has 0 unspecified atom stereocenters. The van der Waals surface area contributed by atoms with E-state index >= 15 is 0 Å². The topological polar surface area (TPSA) is 76.9 Å². The molecule has 0 saturated carbocycles. The molecule has 0 saturated heterocycles. The Morgan fingerprint density at radius 3 is 2.68 bits per heavy atom. The Kier molecular flexibility index (Phi) is 4.10. The van der Waals surface area contributed by atoms with Crippen LogP contribution in [-0.2, 0) is 23.6 Å². The molecule has 2 aromatic heterocycles. The van der Waals surface area contributed by atoms with E-state index in [9.17, 15) is 8.42 Å². The molecule has 0 aliphatic rings. The second kappa shape index (κ2) is 5.46. The Morgan fingerprint density at radius 1 is 1.37 bits per heavy atom. The molecule has 0 radical (unpaired) electrons. The van der Waals surface area contributed by atoms with Gasteiger partial charge in [0.25, 0.3) is 0 Å². The van der Waals surface area contributed by atoms with E-state index in [0.717, 1.165) is 11.8 Å². The molecule has 0 fully saturated rings. The van der Waals surface area contributed by atoms with Crippen LogP contribution in [0.1, 0.15) is 5.56 Å². The number of hydrogen-bond acceptors (Lipinski definition) is 4. The van der Waals surface area contributed by atoms with Crippen molar-refractivity contribution in [3.8, 4) is 0 Å². The molecule has 2 aromatic rings. The molecular formula is C10H10Cl2N4O2S. The molecule has 0 amide bonds. The van der Waals surface area contributed by atoms with Gasteiger partial charge in [-0.15, -0.1) is 0 Å². The SMILES string of the molecule is Cn1cc(CNS(=O)(=O)c2cnc(Cl)c(Cl)c2)cn1. The smallest absolute Gasteiger partial charge is 0.242 e. The number of pyridine rings is 1. The van der Waals surface area contributed by atoms with Crippen LogP contribution in [0.25, 0.3) is 0 Å². The van der Waals surface area contributed by atoms with Gasteiger partial charge >= 0.3 is 0 Å². The Balaban J connectivity index is 2.16. The van der Waals surface area contributed by atoms with Crippen LogP contribution in [0.15, 0.2) is 29.6 Å². The molecule has 0 atom stereocenters. The number of aromatic nitrogens is 3. The summed E-state index contributed by atoms with van der Waals surface area (Å²) in [6.07, 6.45) is 4.45. The molecule has 0 bridgehead atoms. The molecule has 0 spiro atoms. The van der Waals surface area contributed by atoms with Gasteiger partial charge in [0.1, 0.15) is 10.0 Å². The van der Waals surface area contributed by atoms with Gasteiger partial charge in [-0.05, 0) is 6.07 Å². The highest BCUT2D eigenvalue weighted by Gasteiger charge is 2.16. The van der Waals surface area contributed by atoms with Crippen LogP contribution in [0.2, 0.25) is 10.2 Å². The summed E-state index contributed by atoms with van der Waals surface area (Å²) in [7, 11) is -1.93. The maximum atomic E-state index is 12.0. The Hall–Kier alpha value is -1.15. The Morgan fingerprint density at radius 2 is 2.11 bits per heavy atom. The normalized spacial score (nSPS) is 11.7. The number of nitrogens with one attached hydrogen (secondary N) is 1. The minimum Gasteiger partial charge on any atom is -0.275 e. The van der Waals surface area contributed by atoms with E-state index in [1.54, 1.807) is 24.1 Å². The molecule has 2 heterocycles. The summed E-state index contributed by atoms with van der Waals surface area (Å²) < 4.78 is 28.0. The van der Waals surface area contributed by atoms with Crippen molar-refractivity contribution in [2.45, 2.75) is 11.4 Å². The zero-order valence-corrected chi connectivity index (χ0v) is 12.2. The lowest BCUT2D eigenvalue weighted by molar-refractivity contribution is 0.581. The zero-order valence-electron chi connectivity index (χ0n) is 9.84. The maximum absolute atomic E-state index is 12.0. The summed E-state index contributed by atoms with van der Waals surface area (Å²) in [6.45, 7) is 0.135. The van der Waals surface area contributed by atoms with Crippen molar-refractivity contribution in [1.29, 1.82) is 0 Å². The fourth-order valence-electron chi connectivity index (χ4n) is 1.38. The third-order valence-corrected chi connectivity index (χ3v) is 4.36. The van der Waals surface area contributed by atoms with Crippen molar-refractivity contribution >= 4 is 33.2 Å². The monoisotopic (exact) mass is 320 g/mol. The lowest BCUT2D eigenvalue weighted by atomic mass is 10.4. The number of halogens is 2. The number of nitrogens with zero attached hydrogens (tertiary/aromatic N) is 3. The molecule has 1 N–H and O–H groups in total. The number of hydrogen-bond donors (Lipinski definition) is 1. The average Bonchev–Trinajstić information content (AvgIpc) is 2.76. The summed E-state index contributed by atoms with van der Waals surface area (Å²) in [6, 6.07) is 1.25. The second-order valence-electron chi connectivity index (χ2n) is 3.79. The van der Waals surface area contributed by atoms with Crippen molar-refractivity contribution in [3.05, 3.63) is 40.4 Å². The van der Waals surface area contributed by atoms with Crippen LogP contribution in [-0.4, -0.2) is 23.2 Å². The first-order chi connectivity index (χ1) is 8.88. The van der Waals surface area contributed by atoms with E-state index in [-0.39, 0.29) is 21.6 Å². The minimum absolute atomic E-state index is 0.0363. The summed E-state index contributed by atoms with van der Waals surface area (Å²) in [5.74, 6) is 0. The maximum Gasteiger partial charge on any atom is 0.242 e. The van der Waals surface area contributed by atoms with Crippen LogP contribution >= 0.6 is 23.2 Å². The number of rotatable bonds is 4. The van der Waals surface area contributed by atoms with Crippen LogP contribution in [0.4, 0.5) is 0 Å². The highest BCUT2D eigenvalue weighted by Crippen LogP contribution is 2.22. The first-order valence-electron chi connectivity index (χ1n) is 5.17. The van der Waals surface area contributed by atoms with Gasteiger partial charge in [0, 0.05) is 31.5 Å². The molecule has 6 nitrogen and oxygen atoms in total. The van der Waals surface area contributed by atoms with Gasteiger partial charge in [-0.25, -0.2) is 18.1 Å². The second-order valence-corrected chi connectivity index (χ2v) is 6.32. The average molecular weight is 321 g/mol. The van der Waals surface area contributed by atoms with E-state index < -0.39 is 10.0 Å². The number of aryl methyl sites for hydroxylation is 1. The van der Waals surface area contributed by atoms with E-state index in [1.807, 2.05) is 0 Å². The van der Waals surface area contributed by atoms with E-state index in [2.05, 4.69) is 14.8 Å². The van der Waals surface area contributed by atoms with E-state index in [1.165, 1.54) is 6.07 Å². The molecular weight excluding hydrogens is 311 g/mol. The third kappa shape index (κ3) is 3.44. The molecule has 102 valence electrons. The van der Waals surface area contributed by atoms with Gasteiger partial charge in [0.15, 0.2) is 0 Å². The Labute approximate surface area is 120 Å². The van der Waals surface area contributed by atoms with Crippen LogP contribution < -0.4 is 4.72 Å². The quantitative estimate of drug-likeness (QED) is 0.868. The fourth-order valence-corrected chi connectivity index (χ4v) is 2.70. The van der Waals surface area contributed by atoms with Crippen molar-refractivity contribution in [2.75, 3.05) is 0 Å². The molecule has 0 aliphatic carbocycles. The van der Waals surface area contributed by atoms with Crippen LogP contribution in [0.5, 0.6) is 0 Å². The molecule has 0 aromatic carbocycles. The number of sulfonamides is 1. The van der Waals surface area contributed by atoms with E-state index in [4.69, 9.17) is 23.2 Å². The minimum atomic E-state index is -3.68. The molecule has 0 aliphatic heterocycles. The molecule has 9 heteroatoms. The van der Waals surface area contributed by atoms with Gasteiger partial charge in [0.05, 0.1) is 11.2 Å². The first-order valence-corrected chi connectivity index (χ1v) is 7.40. The highest BCUT2D eigenvalue weighted by molar-refractivity contribution is 7.89. The summed E-state index contributed by atoms with van der Waals surface area (Å²) in [5.41, 5.74) is 0.749. The van der Waals surface area contributed by atoms with Crippen LogP contribution in [0, 0.1) is 0 Å². The van der Waals surface area contributed by atoms with Crippen molar-refractivity contribution in [1.82, 2.24) is 19.5 Å². The zero-order chi connectivity index (χ0) is 14.0. The standard InChI is InChI=1S/C10H10Cl2N4O2S/c1-16-6-7(3-14-16)4-15-19(17,18)8-2-9(11)10(12)13-5-8/h2-3,5-6,15H,4H2,1H3. The highest BCUT2D eigenvalue weighted by atomic mass is 35.5.